The number of esters is 1. The maximum atomic E-state index is 11.5. The normalized spacial score (nSPS) is 23.9. The Bertz CT molecular complexity index is 740. The third-order valence-corrected chi connectivity index (χ3v) is 3.76. The summed E-state index contributed by atoms with van der Waals surface area (Å²) in [6.45, 7) is 3.76. The Morgan fingerprint density at radius 3 is 2.71 bits per heavy atom. The van der Waals surface area contributed by atoms with Gasteiger partial charge in [-0.05, 0) is 25.5 Å². The van der Waals surface area contributed by atoms with Gasteiger partial charge in [0, 0.05) is 11.6 Å². The van der Waals surface area contributed by atoms with Gasteiger partial charge in [0.2, 0.25) is 5.88 Å². The fourth-order valence-electron chi connectivity index (χ4n) is 2.78. The molecule has 2 atom stereocenters. The molecule has 0 unspecified atom stereocenters. The number of ether oxygens (including phenoxy) is 2. The molecule has 5 nitrogen and oxygen atoms in total. The quantitative estimate of drug-likeness (QED) is 0.797. The summed E-state index contributed by atoms with van der Waals surface area (Å²) in [7, 11) is 0. The van der Waals surface area contributed by atoms with Crippen LogP contribution in [0.2, 0.25) is 0 Å². The maximum Gasteiger partial charge on any atom is 0.331 e. The van der Waals surface area contributed by atoms with Crippen molar-refractivity contribution >= 4 is 5.97 Å². The number of benzene rings is 1. The van der Waals surface area contributed by atoms with Crippen LogP contribution in [0.15, 0.2) is 41.3 Å². The number of carbonyl (C=O) groups is 1. The summed E-state index contributed by atoms with van der Waals surface area (Å²) in [5.74, 6) is -0.164. The molecule has 3 rings (SSSR count). The van der Waals surface area contributed by atoms with Crippen molar-refractivity contribution in [2.75, 3.05) is 0 Å². The Balaban J connectivity index is 2.17. The number of nitriles is 1. The van der Waals surface area contributed by atoms with E-state index in [9.17, 15) is 10.1 Å². The monoisotopic (exact) mass is 282 g/mol. The van der Waals surface area contributed by atoms with E-state index >= 15 is 0 Å². The number of rotatable bonds is 1. The van der Waals surface area contributed by atoms with Crippen LogP contribution in [0.5, 0.6) is 5.75 Å². The zero-order chi connectivity index (χ0) is 15.1. The Morgan fingerprint density at radius 1 is 1.33 bits per heavy atom. The maximum absolute atomic E-state index is 11.5. The molecule has 5 heteroatoms. The molecule has 0 radical (unpaired) electrons. The third kappa shape index (κ3) is 2.05. The van der Waals surface area contributed by atoms with E-state index in [1.54, 1.807) is 0 Å². The van der Waals surface area contributed by atoms with Crippen LogP contribution in [0.3, 0.4) is 0 Å². The molecule has 0 saturated carbocycles. The number of nitrogens with two attached hydrogens (primary N) is 1. The Labute approximate surface area is 122 Å². The molecule has 1 aromatic rings. The van der Waals surface area contributed by atoms with Crippen LogP contribution in [0.25, 0.3) is 0 Å². The second-order valence-corrected chi connectivity index (χ2v) is 5.26. The first kappa shape index (κ1) is 13.3. The molecule has 2 N–H and O–H groups in total. The summed E-state index contributed by atoms with van der Waals surface area (Å²) in [5.41, 5.74) is 8.77. The average molecular weight is 282 g/mol. The van der Waals surface area contributed by atoms with Crippen LogP contribution >= 0.6 is 0 Å². The standard InChI is InChI=1S/C16H14N2O3/c1-8-3-4-12-10(5-8)14(11(7-17)16(18)20-12)15-9(2)6-13(19)21-15/h3-6,14-15H,18H2,1-2H3/t14-,15-/m1/s1. The topological polar surface area (TPSA) is 85.3 Å². The van der Waals surface area contributed by atoms with Gasteiger partial charge in [-0.25, -0.2) is 4.79 Å². The number of nitrogens with zero attached hydrogens (tertiary/aromatic N) is 1. The molecule has 0 bridgehead atoms. The lowest BCUT2D eigenvalue weighted by Gasteiger charge is -2.30. The summed E-state index contributed by atoms with van der Waals surface area (Å²) in [6.07, 6.45) is 0.927. The summed E-state index contributed by atoms with van der Waals surface area (Å²) in [5, 5.41) is 9.41. The van der Waals surface area contributed by atoms with E-state index in [2.05, 4.69) is 6.07 Å². The van der Waals surface area contributed by atoms with Gasteiger partial charge >= 0.3 is 5.97 Å². The van der Waals surface area contributed by atoms with Crippen molar-refractivity contribution in [1.29, 1.82) is 5.26 Å². The first-order chi connectivity index (χ1) is 10.0. The molecule has 0 amide bonds. The molecule has 2 aliphatic rings. The van der Waals surface area contributed by atoms with E-state index in [0.29, 0.717) is 11.3 Å². The summed E-state index contributed by atoms with van der Waals surface area (Å²) in [6, 6.07) is 7.74. The number of carbonyl (C=O) groups excluding carboxylic acids is 1. The molecule has 0 aromatic heterocycles. The van der Waals surface area contributed by atoms with E-state index in [1.807, 2.05) is 32.0 Å². The van der Waals surface area contributed by atoms with Crippen LogP contribution in [0, 0.1) is 18.3 Å². The Morgan fingerprint density at radius 2 is 2.10 bits per heavy atom. The highest BCUT2D eigenvalue weighted by Gasteiger charge is 2.40. The second-order valence-electron chi connectivity index (χ2n) is 5.26. The molecule has 0 fully saturated rings. The fourth-order valence-corrected chi connectivity index (χ4v) is 2.78. The predicted molar refractivity (Wildman–Crippen MR) is 75.0 cm³/mol. The van der Waals surface area contributed by atoms with E-state index in [1.165, 1.54) is 6.08 Å². The van der Waals surface area contributed by atoms with Gasteiger partial charge in [0.1, 0.15) is 23.5 Å². The minimum absolute atomic E-state index is 0.0644. The molecule has 2 aliphatic heterocycles. The SMILES string of the molecule is CC1=CC(=O)O[C@H]1[C@H]1C(C#N)=C(N)Oc2ccc(C)cc21. The molecule has 0 spiro atoms. The smallest absolute Gasteiger partial charge is 0.331 e. The molecule has 106 valence electrons. The Kier molecular flexibility index (Phi) is 2.95. The fraction of sp³-hybridized carbons (Fsp3) is 0.250. The zero-order valence-corrected chi connectivity index (χ0v) is 11.7. The number of aryl methyl sites for hydroxylation is 1. The van der Waals surface area contributed by atoms with Crippen LogP contribution in [-0.4, -0.2) is 12.1 Å². The van der Waals surface area contributed by atoms with E-state index in [4.69, 9.17) is 15.2 Å². The third-order valence-electron chi connectivity index (χ3n) is 3.76. The highest BCUT2D eigenvalue weighted by molar-refractivity contribution is 5.86. The lowest BCUT2D eigenvalue weighted by Crippen LogP contribution is -2.29. The van der Waals surface area contributed by atoms with Gasteiger partial charge in [0.05, 0.1) is 5.92 Å². The van der Waals surface area contributed by atoms with E-state index in [0.717, 1.165) is 16.7 Å². The van der Waals surface area contributed by atoms with Crippen LogP contribution in [0.4, 0.5) is 0 Å². The van der Waals surface area contributed by atoms with Crippen molar-refractivity contribution in [1.82, 2.24) is 0 Å². The van der Waals surface area contributed by atoms with Gasteiger partial charge in [0.15, 0.2) is 0 Å². The second kappa shape index (κ2) is 4.67. The van der Waals surface area contributed by atoms with Crippen molar-refractivity contribution in [2.24, 2.45) is 5.73 Å². The number of cyclic esters (lactones) is 1. The number of hydrogen-bond acceptors (Lipinski definition) is 5. The molecular formula is C16H14N2O3. The lowest BCUT2D eigenvalue weighted by molar-refractivity contribution is -0.139. The van der Waals surface area contributed by atoms with Gasteiger partial charge in [-0.15, -0.1) is 0 Å². The van der Waals surface area contributed by atoms with Crippen molar-refractivity contribution in [3.05, 3.63) is 52.4 Å². The molecule has 0 saturated heterocycles. The molecular weight excluding hydrogens is 268 g/mol. The first-order valence-electron chi connectivity index (χ1n) is 6.58. The van der Waals surface area contributed by atoms with Crippen LogP contribution in [0.1, 0.15) is 24.0 Å². The van der Waals surface area contributed by atoms with Gasteiger partial charge in [-0.1, -0.05) is 17.7 Å². The minimum Gasteiger partial charge on any atom is -0.454 e. The van der Waals surface area contributed by atoms with Crippen molar-refractivity contribution in [2.45, 2.75) is 25.9 Å². The first-order valence-corrected chi connectivity index (χ1v) is 6.58. The average Bonchev–Trinajstić information content (AvgIpc) is 2.76. The zero-order valence-electron chi connectivity index (χ0n) is 11.7. The highest BCUT2D eigenvalue weighted by atomic mass is 16.5. The highest BCUT2D eigenvalue weighted by Crippen LogP contribution is 2.44. The molecule has 1 aromatic carbocycles. The summed E-state index contributed by atoms with van der Waals surface area (Å²) < 4.78 is 10.9. The van der Waals surface area contributed by atoms with Crippen molar-refractivity contribution in [3.8, 4) is 11.8 Å². The van der Waals surface area contributed by atoms with Gasteiger partial charge in [0.25, 0.3) is 0 Å². The van der Waals surface area contributed by atoms with Crippen LogP contribution < -0.4 is 10.5 Å². The molecule has 0 aliphatic carbocycles. The van der Waals surface area contributed by atoms with Crippen molar-refractivity contribution in [3.63, 3.8) is 0 Å². The van der Waals surface area contributed by atoms with E-state index < -0.39 is 18.0 Å². The van der Waals surface area contributed by atoms with E-state index in [-0.39, 0.29) is 5.88 Å². The van der Waals surface area contributed by atoms with Crippen LogP contribution in [-0.2, 0) is 9.53 Å². The van der Waals surface area contributed by atoms with Gasteiger partial charge in [-0.2, -0.15) is 5.26 Å². The number of fused-ring (bicyclic) bond motifs is 1. The predicted octanol–water partition coefficient (Wildman–Crippen LogP) is 2.04. The lowest BCUT2D eigenvalue weighted by atomic mass is 9.82. The number of hydrogen-bond donors (Lipinski definition) is 1. The van der Waals surface area contributed by atoms with Gasteiger partial charge in [-0.3, -0.25) is 0 Å². The van der Waals surface area contributed by atoms with Gasteiger partial charge < -0.3 is 15.2 Å². The Hall–Kier alpha value is -2.74. The minimum atomic E-state index is -0.518. The largest absolute Gasteiger partial charge is 0.454 e. The molecule has 2 heterocycles. The molecule has 21 heavy (non-hydrogen) atoms. The summed E-state index contributed by atoms with van der Waals surface area (Å²) in [4.78, 5) is 11.5. The van der Waals surface area contributed by atoms with Crippen molar-refractivity contribution < 1.29 is 14.3 Å². The summed E-state index contributed by atoms with van der Waals surface area (Å²) >= 11 is 0.